The quantitative estimate of drug-likeness (QED) is 0.713. The van der Waals surface area contributed by atoms with Crippen LogP contribution in [-0.4, -0.2) is 27.2 Å². The first-order chi connectivity index (χ1) is 7.02. The molecule has 3 N–H and O–H groups in total. The smallest absolute Gasteiger partial charge is 0.269 e. The van der Waals surface area contributed by atoms with Crippen molar-refractivity contribution in [1.29, 1.82) is 0 Å². The van der Waals surface area contributed by atoms with Crippen molar-refractivity contribution < 1.29 is 4.79 Å². The summed E-state index contributed by atoms with van der Waals surface area (Å²) in [7, 11) is 1.71. The number of amides is 1. The van der Waals surface area contributed by atoms with Gasteiger partial charge in [0.1, 0.15) is 5.69 Å². The molecule has 0 radical (unpaired) electrons. The summed E-state index contributed by atoms with van der Waals surface area (Å²) < 4.78 is 1.51. The summed E-state index contributed by atoms with van der Waals surface area (Å²) in [6.45, 7) is 2.31. The average Bonchev–Trinajstić information content (AvgIpc) is 2.60. The molecule has 1 aromatic rings. The summed E-state index contributed by atoms with van der Waals surface area (Å²) in [5.41, 5.74) is 5.95. The topological polar surface area (TPSA) is 72.9 Å². The molecular weight excluding hydrogens is 212 g/mol. The van der Waals surface area contributed by atoms with Gasteiger partial charge in [-0.15, -0.1) is 0 Å². The highest BCUT2D eigenvalue weighted by molar-refractivity contribution is 7.80. The van der Waals surface area contributed by atoms with E-state index < -0.39 is 0 Å². The van der Waals surface area contributed by atoms with Gasteiger partial charge in [-0.05, 0) is 6.07 Å². The van der Waals surface area contributed by atoms with E-state index in [1.807, 2.05) is 6.92 Å². The highest BCUT2D eigenvalue weighted by atomic mass is 32.1. The van der Waals surface area contributed by atoms with Crippen molar-refractivity contribution in [2.24, 2.45) is 18.7 Å². The highest BCUT2D eigenvalue weighted by Gasteiger charge is 2.11. The molecule has 0 bridgehead atoms. The Balaban J connectivity index is 2.51. The molecule has 15 heavy (non-hydrogen) atoms. The van der Waals surface area contributed by atoms with Gasteiger partial charge in [-0.3, -0.25) is 9.48 Å². The molecule has 1 amide bonds. The first-order valence-electron chi connectivity index (χ1n) is 4.58. The minimum atomic E-state index is -0.168. The molecule has 0 aliphatic rings. The number of hydrogen-bond donors (Lipinski definition) is 2. The van der Waals surface area contributed by atoms with E-state index in [4.69, 9.17) is 18.0 Å². The predicted octanol–water partition coefficient (Wildman–Crippen LogP) is 0.0721. The predicted molar refractivity (Wildman–Crippen MR) is 61.5 cm³/mol. The Labute approximate surface area is 93.6 Å². The van der Waals surface area contributed by atoms with Gasteiger partial charge in [-0.25, -0.2) is 0 Å². The van der Waals surface area contributed by atoms with Crippen LogP contribution in [0.5, 0.6) is 0 Å². The number of carbonyl (C=O) groups is 1. The van der Waals surface area contributed by atoms with Crippen molar-refractivity contribution in [3.63, 3.8) is 0 Å². The van der Waals surface area contributed by atoms with Crippen molar-refractivity contribution in [1.82, 2.24) is 15.1 Å². The third kappa shape index (κ3) is 3.02. The lowest BCUT2D eigenvalue weighted by molar-refractivity contribution is 0.0942. The first kappa shape index (κ1) is 11.6. The van der Waals surface area contributed by atoms with Crippen LogP contribution in [0.1, 0.15) is 17.4 Å². The molecule has 1 unspecified atom stereocenters. The van der Waals surface area contributed by atoms with Crippen LogP contribution in [0, 0.1) is 5.92 Å². The molecule has 0 saturated heterocycles. The summed E-state index contributed by atoms with van der Waals surface area (Å²) >= 11 is 4.80. The molecule has 0 spiro atoms. The van der Waals surface area contributed by atoms with Crippen LogP contribution in [0.4, 0.5) is 0 Å². The average molecular weight is 226 g/mol. The van der Waals surface area contributed by atoms with Gasteiger partial charge < -0.3 is 11.1 Å². The molecule has 0 aliphatic heterocycles. The second-order valence-corrected chi connectivity index (χ2v) is 3.82. The molecule has 0 aromatic carbocycles. The molecule has 0 aliphatic carbocycles. The summed E-state index contributed by atoms with van der Waals surface area (Å²) in [5, 5.41) is 6.64. The molecule has 1 heterocycles. The van der Waals surface area contributed by atoms with E-state index >= 15 is 0 Å². The number of nitrogens with two attached hydrogens (primary N) is 1. The maximum Gasteiger partial charge on any atom is 0.269 e. The number of carbonyl (C=O) groups excluding carboxylic acids is 1. The fraction of sp³-hybridized carbons (Fsp3) is 0.444. The van der Waals surface area contributed by atoms with Crippen molar-refractivity contribution in [3.05, 3.63) is 18.0 Å². The normalized spacial score (nSPS) is 12.1. The van der Waals surface area contributed by atoms with Crippen molar-refractivity contribution in [2.75, 3.05) is 6.54 Å². The van der Waals surface area contributed by atoms with Crippen molar-refractivity contribution in [2.45, 2.75) is 6.92 Å². The van der Waals surface area contributed by atoms with Crippen LogP contribution < -0.4 is 11.1 Å². The number of rotatable bonds is 4. The number of aryl methyl sites for hydroxylation is 1. The maximum absolute atomic E-state index is 11.6. The standard InChI is InChI=1S/C9H14N4OS/c1-6(8(10)15)5-11-9(14)7-3-4-12-13(7)2/h3-4,6H,5H2,1-2H3,(H2,10,15)(H,11,14). The van der Waals surface area contributed by atoms with Crippen LogP contribution in [0.15, 0.2) is 12.3 Å². The Kier molecular flexibility index (Phi) is 3.79. The zero-order valence-corrected chi connectivity index (χ0v) is 9.54. The molecule has 0 fully saturated rings. The Morgan fingerprint density at radius 3 is 2.93 bits per heavy atom. The monoisotopic (exact) mass is 226 g/mol. The minimum Gasteiger partial charge on any atom is -0.393 e. The Hall–Kier alpha value is -1.43. The Morgan fingerprint density at radius 2 is 2.47 bits per heavy atom. The second kappa shape index (κ2) is 4.88. The van der Waals surface area contributed by atoms with E-state index in [1.54, 1.807) is 19.3 Å². The van der Waals surface area contributed by atoms with E-state index in [2.05, 4.69) is 10.4 Å². The number of nitrogens with one attached hydrogen (secondary N) is 1. The van der Waals surface area contributed by atoms with Crippen LogP contribution in [0.25, 0.3) is 0 Å². The first-order valence-corrected chi connectivity index (χ1v) is 4.98. The number of aromatic nitrogens is 2. The van der Waals surface area contributed by atoms with Gasteiger partial charge in [0.2, 0.25) is 0 Å². The van der Waals surface area contributed by atoms with Crippen LogP contribution in [0.3, 0.4) is 0 Å². The van der Waals surface area contributed by atoms with Gasteiger partial charge >= 0.3 is 0 Å². The van der Waals surface area contributed by atoms with Crippen LogP contribution >= 0.6 is 12.2 Å². The third-order valence-electron chi connectivity index (χ3n) is 2.11. The molecular formula is C9H14N4OS. The number of hydrogen-bond acceptors (Lipinski definition) is 3. The summed E-state index contributed by atoms with van der Waals surface area (Å²) in [5.74, 6) is -0.171. The summed E-state index contributed by atoms with van der Waals surface area (Å²) in [6, 6.07) is 1.65. The fourth-order valence-electron chi connectivity index (χ4n) is 1.03. The molecule has 82 valence electrons. The number of nitrogens with zero attached hydrogens (tertiary/aromatic N) is 2. The minimum absolute atomic E-state index is 0.00261. The molecule has 0 saturated carbocycles. The lowest BCUT2D eigenvalue weighted by atomic mass is 10.2. The van der Waals surface area contributed by atoms with Gasteiger partial charge in [-0.1, -0.05) is 19.1 Å². The second-order valence-electron chi connectivity index (χ2n) is 3.35. The fourth-order valence-corrected chi connectivity index (χ4v) is 1.12. The maximum atomic E-state index is 11.6. The molecule has 5 nitrogen and oxygen atoms in total. The van der Waals surface area contributed by atoms with Gasteiger partial charge in [0.15, 0.2) is 0 Å². The summed E-state index contributed by atoms with van der Waals surface area (Å²) in [4.78, 5) is 12.0. The largest absolute Gasteiger partial charge is 0.393 e. The lowest BCUT2D eigenvalue weighted by Crippen LogP contribution is -2.34. The van der Waals surface area contributed by atoms with E-state index in [0.717, 1.165) is 0 Å². The lowest BCUT2D eigenvalue weighted by Gasteiger charge is -2.10. The van der Waals surface area contributed by atoms with Crippen molar-refractivity contribution >= 4 is 23.1 Å². The molecule has 1 atom stereocenters. The van der Waals surface area contributed by atoms with E-state index in [9.17, 15) is 4.79 Å². The molecule has 6 heteroatoms. The number of thiocarbonyl (C=S) groups is 1. The van der Waals surface area contributed by atoms with Gasteiger partial charge in [-0.2, -0.15) is 5.10 Å². The summed E-state index contributed by atoms with van der Waals surface area (Å²) in [6.07, 6.45) is 1.58. The van der Waals surface area contributed by atoms with E-state index in [0.29, 0.717) is 17.2 Å². The molecule has 1 aromatic heterocycles. The van der Waals surface area contributed by atoms with Crippen LogP contribution in [0.2, 0.25) is 0 Å². The zero-order valence-electron chi connectivity index (χ0n) is 8.73. The van der Waals surface area contributed by atoms with Crippen molar-refractivity contribution in [3.8, 4) is 0 Å². The molecule has 1 rings (SSSR count). The van der Waals surface area contributed by atoms with Gasteiger partial charge in [0, 0.05) is 25.7 Å². The Morgan fingerprint density at radius 1 is 1.80 bits per heavy atom. The highest BCUT2D eigenvalue weighted by Crippen LogP contribution is 1.97. The van der Waals surface area contributed by atoms with Crippen LogP contribution in [-0.2, 0) is 7.05 Å². The van der Waals surface area contributed by atoms with E-state index in [-0.39, 0.29) is 11.8 Å². The SMILES string of the molecule is CC(CNC(=O)c1ccnn1C)C(N)=S. The Bertz CT molecular complexity index is 374. The third-order valence-corrected chi connectivity index (χ3v) is 2.51. The zero-order chi connectivity index (χ0) is 11.4. The van der Waals surface area contributed by atoms with Gasteiger partial charge in [0.05, 0.1) is 4.99 Å². The van der Waals surface area contributed by atoms with Gasteiger partial charge in [0.25, 0.3) is 5.91 Å². The van der Waals surface area contributed by atoms with E-state index in [1.165, 1.54) is 4.68 Å².